The van der Waals surface area contributed by atoms with Crippen molar-refractivity contribution in [2.75, 3.05) is 0 Å². The molecular formula is C18H18FNO. The summed E-state index contributed by atoms with van der Waals surface area (Å²) in [6.07, 6.45) is 0.613. The van der Waals surface area contributed by atoms with Gasteiger partial charge in [-0.15, -0.1) is 0 Å². The van der Waals surface area contributed by atoms with Gasteiger partial charge < -0.3 is 5.32 Å². The van der Waals surface area contributed by atoms with Crippen molar-refractivity contribution >= 4 is 5.78 Å². The van der Waals surface area contributed by atoms with E-state index in [1.807, 2.05) is 31.2 Å². The number of ketones is 1. The molecule has 2 nitrogen and oxygen atoms in total. The standard InChI is InChI=1S/C18H18FNO/c1-11-7-12(2)17(15(19)8-11)18(21)16-9-13-5-3-4-6-14(13)10-20-16/h3-8,16,20H,9-10H2,1-2H3. The Balaban J connectivity index is 1.91. The van der Waals surface area contributed by atoms with Gasteiger partial charge in [-0.1, -0.05) is 30.3 Å². The van der Waals surface area contributed by atoms with Crippen molar-refractivity contribution in [3.05, 3.63) is 70.0 Å². The first kappa shape index (κ1) is 14.0. The maximum atomic E-state index is 14.2. The quantitative estimate of drug-likeness (QED) is 0.856. The molecule has 21 heavy (non-hydrogen) atoms. The van der Waals surface area contributed by atoms with Crippen molar-refractivity contribution in [2.24, 2.45) is 0 Å². The maximum absolute atomic E-state index is 14.2. The summed E-state index contributed by atoms with van der Waals surface area (Å²) < 4.78 is 14.2. The molecule has 3 heteroatoms. The van der Waals surface area contributed by atoms with E-state index in [1.54, 1.807) is 6.92 Å². The molecule has 0 amide bonds. The fourth-order valence-electron chi connectivity index (χ4n) is 3.04. The van der Waals surface area contributed by atoms with Gasteiger partial charge in [-0.25, -0.2) is 4.39 Å². The summed E-state index contributed by atoms with van der Waals surface area (Å²) in [5.41, 5.74) is 4.14. The lowest BCUT2D eigenvalue weighted by molar-refractivity contribution is 0.0933. The van der Waals surface area contributed by atoms with Crippen molar-refractivity contribution in [2.45, 2.75) is 32.9 Å². The number of rotatable bonds is 2. The molecule has 1 unspecified atom stereocenters. The minimum absolute atomic E-state index is 0.153. The van der Waals surface area contributed by atoms with Gasteiger partial charge in [0.2, 0.25) is 0 Å². The number of benzene rings is 2. The third-order valence-corrected chi connectivity index (χ3v) is 4.08. The Morgan fingerprint density at radius 2 is 1.90 bits per heavy atom. The Morgan fingerprint density at radius 3 is 2.62 bits per heavy atom. The number of carbonyl (C=O) groups is 1. The van der Waals surface area contributed by atoms with Gasteiger partial charge in [0, 0.05) is 6.54 Å². The van der Waals surface area contributed by atoms with Crippen LogP contribution < -0.4 is 5.32 Å². The van der Waals surface area contributed by atoms with Gasteiger partial charge in [0.1, 0.15) is 5.82 Å². The summed E-state index contributed by atoms with van der Waals surface area (Å²) in [6, 6.07) is 11.0. The summed E-state index contributed by atoms with van der Waals surface area (Å²) in [5, 5.41) is 3.23. The van der Waals surface area contributed by atoms with Crippen LogP contribution in [0.5, 0.6) is 0 Å². The van der Waals surface area contributed by atoms with E-state index >= 15 is 0 Å². The second-order valence-electron chi connectivity index (χ2n) is 5.71. The van der Waals surface area contributed by atoms with Gasteiger partial charge in [0.15, 0.2) is 5.78 Å². The topological polar surface area (TPSA) is 29.1 Å². The van der Waals surface area contributed by atoms with Crippen LogP contribution in [0.3, 0.4) is 0 Å². The van der Waals surface area contributed by atoms with E-state index in [2.05, 4.69) is 11.4 Å². The lowest BCUT2D eigenvalue weighted by Gasteiger charge is -2.25. The molecule has 1 heterocycles. The van der Waals surface area contributed by atoms with E-state index in [-0.39, 0.29) is 17.4 Å². The van der Waals surface area contributed by atoms with Crippen LogP contribution in [0.25, 0.3) is 0 Å². The molecule has 0 aromatic heterocycles. The first-order valence-corrected chi connectivity index (χ1v) is 7.17. The molecule has 1 aliphatic rings. The fraction of sp³-hybridized carbons (Fsp3) is 0.278. The van der Waals surface area contributed by atoms with E-state index < -0.39 is 5.82 Å². The molecule has 2 aromatic rings. The second kappa shape index (κ2) is 5.41. The Bertz CT molecular complexity index is 685. The Kier molecular flexibility index (Phi) is 3.60. The highest BCUT2D eigenvalue weighted by Crippen LogP contribution is 2.22. The molecule has 3 rings (SSSR count). The third-order valence-electron chi connectivity index (χ3n) is 4.08. The van der Waals surface area contributed by atoms with E-state index in [0.29, 0.717) is 18.5 Å². The Morgan fingerprint density at radius 1 is 1.19 bits per heavy atom. The monoisotopic (exact) mass is 283 g/mol. The van der Waals surface area contributed by atoms with Crippen LogP contribution in [0.4, 0.5) is 4.39 Å². The third kappa shape index (κ3) is 2.61. The zero-order valence-corrected chi connectivity index (χ0v) is 12.2. The van der Waals surface area contributed by atoms with Crippen molar-refractivity contribution < 1.29 is 9.18 Å². The number of hydrogen-bond acceptors (Lipinski definition) is 2. The molecule has 1 atom stereocenters. The molecule has 0 bridgehead atoms. The van der Waals surface area contributed by atoms with Crippen LogP contribution in [0, 0.1) is 19.7 Å². The zero-order chi connectivity index (χ0) is 15.0. The number of Topliss-reactive ketones (excluding diaryl/α,β-unsaturated/α-hetero) is 1. The molecule has 0 saturated heterocycles. The minimum Gasteiger partial charge on any atom is -0.303 e. The molecule has 0 saturated carbocycles. The van der Waals surface area contributed by atoms with Gasteiger partial charge in [-0.05, 0) is 48.6 Å². The Labute approximate surface area is 124 Å². The average Bonchev–Trinajstić information content (AvgIpc) is 2.45. The summed E-state index contributed by atoms with van der Waals surface area (Å²) in [4.78, 5) is 12.7. The zero-order valence-electron chi connectivity index (χ0n) is 12.2. The normalized spacial score (nSPS) is 17.4. The predicted molar refractivity (Wildman–Crippen MR) is 81.0 cm³/mol. The lowest BCUT2D eigenvalue weighted by atomic mass is 9.89. The molecular weight excluding hydrogens is 265 g/mol. The molecule has 1 N–H and O–H groups in total. The van der Waals surface area contributed by atoms with Gasteiger partial charge in [-0.3, -0.25) is 4.79 Å². The van der Waals surface area contributed by atoms with Crippen molar-refractivity contribution in [3.8, 4) is 0 Å². The average molecular weight is 283 g/mol. The molecule has 2 aromatic carbocycles. The molecule has 0 spiro atoms. The molecule has 0 radical (unpaired) electrons. The first-order chi connectivity index (χ1) is 10.1. The summed E-state index contributed by atoms with van der Waals surface area (Å²) in [7, 11) is 0. The number of aryl methyl sites for hydroxylation is 2. The Hall–Kier alpha value is -2.00. The number of halogens is 1. The first-order valence-electron chi connectivity index (χ1n) is 7.17. The van der Waals surface area contributed by atoms with Gasteiger partial charge in [0.25, 0.3) is 0 Å². The van der Waals surface area contributed by atoms with Crippen LogP contribution in [0.1, 0.15) is 32.6 Å². The molecule has 0 fully saturated rings. The van der Waals surface area contributed by atoms with E-state index in [1.165, 1.54) is 17.2 Å². The van der Waals surface area contributed by atoms with E-state index in [4.69, 9.17) is 0 Å². The largest absolute Gasteiger partial charge is 0.303 e. The lowest BCUT2D eigenvalue weighted by Crippen LogP contribution is -2.42. The van der Waals surface area contributed by atoms with E-state index in [0.717, 1.165) is 5.56 Å². The van der Waals surface area contributed by atoms with Crippen molar-refractivity contribution in [3.63, 3.8) is 0 Å². The highest BCUT2D eigenvalue weighted by molar-refractivity contribution is 6.02. The van der Waals surface area contributed by atoms with Gasteiger partial charge in [0.05, 0.1) is 11.6 Å². The highest BCUT2D eigenvalue weighted by Gasteiger charge is 2.27. The summed E-state index contributed by atoms with van der Waals surface area (Å²) in [5.74, 6) is -0.572. The molecule has 1 aliphatic heterocycles. The second-order valence-corrected chi connectivity index (χ2v) is 5.71. The highest BCUT2D eigenvalue weighted by atomic mass is 19.1. The van der Waals surface area contributed by atoms with Gasteiger partial charge in [-0.2, -0.15) is 0 Å². The van der Waals surface area contributed by atoms with Crippen molar-refractivity contribution in [1.82, 2.24) is 5.32 Å². The maximum Gasteiger partial charge on any atom is 0.183 e. The van der Waals surface area contributed by atoms with Crippen LogP contribution in [0.2, 0.25) is 0 Å². The van der Waals surface area contributed by atoms with Crippen LogP contribution in [-0.2, 0) is 13.0 Å². The summed E-state index contributed by atoms with van der Waals surface area (Å²) in [6.45, 7) is 4.28. The number of carbonyl (C=O) groups excluding carboxylic acids is 1. The SMILES string of the molecule is Cc1cc(C)c(C(=O)C2Cc3ccccc3CN2)c(F)c1. The van der Waals surface area contributed by atoms with Crippen LogP contribution in [-0.4, -0.2) is 11.8 Å². The van der Waals surface area contributed by atoms with Crippen LogP contribution >= 0.6 is 0 Å². The van der Waals surface area contributed by atoms with Crippen molar-refractivity contribution in [1.29, 1.82) is 0 Å². The minimum atomic E-state index is -0.418. The molecule has 108 valence electrons. The van der Waals surface area contributed by atoms with Crippen LogP contribution in [0.15, 0.2) is 36.4 Å². The smallest absolute Gasteiger partial charge is 0.183 e. The van der Waals surface area contributed by atoms with E-state index in [9.17, 15) is 9.18 Å². The molecule has 0 aliphatic carbocycles. The predicted octanol–water partition coefficient (Wildman–Crippen LogP) is 3.34. The van der Waals surface area contributed by atoms with Gasteiger partial charge >= 0.3 is 0 Å². The number of nitrogens with one attached hydrogen (secondary N) is 1. The fourth-order valence-corrected chi connectivity index (χ4v) is 3.04. The number of hydrogen-bond donors (Lipinski definition) is 1. The summed E-state index contributed by atoms with van der Waals surface area (Å²) >= 11 is 0. The number of fused-ring (bicyclic) bond motifs is 1.